The zero-order valence-corrected chi connectivity index (χ0v) is 16.9. The summed E-state index contributed by atoms with van der Waals surface area (Å²) in [6, 6.07) is 19.1. The van der Waals surface area contributed by atoms with Crippen molar-refractivity contribution in [3.8, 4) is 0 Å². The molecule has 3 aromatic rings. The van der Waals surface area contributed by atoms with E-state index in [0.717, 1.165) is 11.1 Å². The summed E-state index contributed by atoms with van der Waals surface area (Å²) in [6.45, 7) is 3.88. The van der Waals surface area contributed by atoms with Gasteiger partial charge in [-0.1, -0.05) is 88.9 Å². The molecule has 0 saturated heterocycles. The topological polar surface area (TPSA) is 43.4 Å². The van der Waals surface area contributed by atoms with Crippen LogP contribution in [-0.2, 0) is 4.74 Å². The number of benzene rings is 3. The van der Waals surface area contributed by atoms with E-state index in [9.17, 15) is 9.59 Å². The van der Waals surface area contributed by atoms with Crippen molar-refractivity contribution in [1.29, 1.82) is 0 Å². The molecule has 28 heavy (non-hydrogen) atoms. The van der Waals surface area contributed by atoms with Crippen LogP contribution in [0.3, 0.4) is 0 Å². The lowest BCUT2D eigenvalue weighted by atomic mass is 9.98. The van der Waals surface area contributed by atoms with Gasteiger partial charge in [0.2, 0.25) is 5.78 Å². The van der Waals surface area contributed by atoms with Crippen molar-refractivity contribution in [3.05, 3.63) is 105 Å². The maximum Gasteiger partial charge on any atom is 0.340 e. The first-order valence-corrected chi connectivity index (χ1v) is 9.45. The van der Waals surface area contributed by atoms with Gasteiger partial charge >= 0.3 is 5.97 Å². The molecule has 0 unspecified atom stereocenters. The largest absolute Gasteiger partial charge is 0.445 e. The third-order valence-electron chi connectivity index (χ3n) is 4.35. The fourth-order valence-corrected chi connectivity index (χ4v) is 3.09. The van der Waals surface area contributed by atoms with E-state index in [-0.39, 0.29) is 21.4 Å². The van der Waals surface area contributed by atoms with Gasteiger partial charge in [-0.25, -0.2) is 4.79 Å². The number of halogens is 2. The molecule has 0 N–H and O–H groups in total. The quantitative estimate of drug-likeness (QED) is 0.360. The van der Waals surface area contributed by atoms with Crippen LogP contribution < -0.4 is 0 Å². The summed E-state index contributed by atoms with van der Waals surface area (Å²) in [4.78, 5) is 25.9. The van der Waals surface area contributed by atoms with Crippen LogP contribution in [0, 0.1) is 13.8 Å². The number of carbonyl (C=O) groups excluding carboxylic acids is 2. The lowest BCUT2D eigenvalue weighted by Gasteiger charge is -2.18. The van der Waals surface area contributed by atoms with Gasteiger partial charge in [-0.3, -0.25) is 4.79 Å². The summed E-state index contributed by atoms with van der Waals surface area (Å²) >= 11 is 12.1. The molecule has 0 bridgehead atoms. The van der Waals surface area contributed by atoms with Gasteiger partial charge in [-0.05, 0) is 26.0 Å². The van der Waals surface area contributed by atoms with Crippen molar-refractivity contribution < 1.29 is 14.3 Å². The van der Waals surface area contributed by atoms with E-state index in [1.807, 2.05) is 38.1 Å². The summed E-state index contributed by atoms with van der Waals surface area (Å²) in [5, 5.41) is 0.340. The number of hydrogen-bond donors (Lipinski definition) is 0. The SMILES string of the molecule is Cc1ccc(C(=O)[C@H](OC(=O)c2cccc(Cl)c2Cl)c2ccc(C)cc2)cc1. The maximum atomic E-state index is 13.1. The van der Waals surface area contributed by atoms with Gasteiger partial charge in [-0.15, -0.1) is 0 Å². The smallest absolute Gasteiger partial charge is 0.340 e. The van der Waals surface area contributed by atoms with Crippen molar-refractivity contribution in [2.24, 2.45) is 0 Å². The van der Waals surface area contributed by atoms with Gasteiger partial charge in [0, 0.05) is 11.1 Å². The number of esters is 1. The first-order chi connectivity index (χ1) is 13.4. The van der Waals surface area contributed by atoms with Crippen molar-refractivity contribution >= 4 is 35.0 Å². The third kappa shape index (κ3) is 4.44. The second-order valence-electron chi connectivity index (χ2n) is 6.53. The third-order valence-corrected chi connectivity index (χ3v) is 5.17. The molecule has 0 heterocycles. The predicted molar refractivity (Wildman–Crippen MR) is 111 cm³/mol. The average molecular weight is 413 g/mol. The standard InChI is InChI=1S/C23H18Cl2O3/c1-14-6-10-16(11-7-14)21(26)22(17-12-8-15(2)9-13-17)28-23(27)18-4-3-5-19(24)20(18)25/h3-13,22H,1-2H3/t22-/m1/s1. The second kappa shape index (κ2) is 8.59. The lowest BCUT2D eigenvalue weighted by Crippen LogP contribution is -2.20. The van der Waals surface area contributed by atoms with Gasteiger partial charge in [0.15, 0.2) is 6.10 Å². The average Bonchev–Trinajstić information content (AvgIpc) is 2.69. The molecule has 0 aromatic heterocycles. The molecule has 0 aliphatic rings. The highest BCUT2D eigenvalue weighted by Gasteiger charge is 2.28. The van der Waals surface area contributed by atoms with E-state index in [4.69, 9.17) is 27.9 Å². The zero-order valence-electron chi connectivity index (χ0n) is 15.4. The predicted octanol–water partition coefficient (Wildman–Crippen LogP) is 6.39. The second-order valence-corrected chi connectivity index (χ2v) is 7.31. The van der Waals surface area contributed by atoms with Crippen LogP contribution in [-0.4, -0.2) is 11.8 Å². The monoisotopic (exact) mass is 412 g/mol. The Hall–Kier alpha value is -2.62. The molecule has 3 nitrogen and oxygen atoms in total. The van der Waals surface area contributed by atoms with Crippen LogP contribution in [0.5, 0.6) is 0 Å². The molecule has 142 valence electrons. The van der Waals surface area contributed by atoms with Gasteiger partial charge in [0.1, 0.15) is 0 Å². The molecule has 3 aromatic carbocycles. The molecule has 5 heteroatoms. The first kappa shape index (κ1) is 20.1. The van der Waals surface area contributed by atoms with Crippen LogP contribution in [0.4, 0.5) is 0 Å². The molecule has 0 radical (unpaired) electrons. The Balaban J connectivity index is 1.97. The Morgan fingerprint density at radius 1 is 0.821 bits per heavy atom. The highest BCUT2D eigenvalue weighted by molar-refractivity contribution is 6.43. The van der Waals surface area contributed by atoms with Crippen molar-refractivity contribution in [2.45, 2.75) is 20.0 Å². The van der Waals surface area contributed by atoms with Gasteiger partial charge in [0.25, 0.3) is 0 Å². The highest BCUT2D eigenvalue weighted by Crippen LogP contribution is 2.29. The summed E-state index contributed by atoms with van der Waals surface area (Å²) in [5.41, 5.74) is 3.23. The summed E-state index contributed by atoms with van der Waals surface area (Å²) in [7, 11) is 0. The molecule has 0 aliphatic carbocycles. The molecule has 0 aliphatic heterocycles. The van der Waals surface area contributed by atoms with Gasteiger partial charge in [0.05, 0.1) is 15.6 Å². The van der Waals surface area contributed by atoms with E-state index in [1.165, 1.54) is 6.07 Å². The minimum atomic E-state index is -1.09. The molecule has 0 amide bonds. The molecule has 0 spiro atoms. The van der Waals surface area contributed by atoms with E-state index in [1.54, 1.807) is 36.4 Å². The number of ether oxygens (including phenoxy) is 1. The van der Waals surface area contributed by atoms with E-state index < -0.39 is 12.1 Å². The number of rotatable bonds is 5. The fourth-order valence-electron chi connectivity index (χ4n) is 2.72. The Labute approximate surface area is 173 Å². The molecular weight excluding hydrogens is 395 g/mol. The van der Waals surface area contributed by atoms with Crippen molar-refractivity contribution in [2.75, 3.05) is 0 Å². The molecule has 3 rings (SSSR count). The zero-order chi connectivity index (χ0) is 20.3. The van der Waals surface area contributed by atoms with E-state index in [2.05, 4.69) is 0 Å². The van der Waals surface area contributed by atoms with Crippen LogP contribution in [0.2, 0.25) is 10.0 Å². The Morgan fingerprint density at radius 3 is 2.00 bits per heavy atom. The normalized spacial score (nSPS) is 11.7. The maximum absolute atomic E-state index is 13.1. The van der Waals surface area contributed by atoms with Crippen LogP contribution in [0.15, 0.2) is 66.7 Å². The molecule has 0 saturated carbocycles. The number of ketones is 1. The summed E-state index contributed by atoms with van der Waals surface area (Å²) in [5.74, 6) is -1.02. The molecular formula is C23H18Cl2O3. The summed E-state index contributed by atoms with van der Waals surface area (Å²) in [6.07, 6.45) is -1.09. The van der Waals surface area contributed by atoms with Crippen molar-refractivity contribution in [1.82, 2.24) is 0 Å². The van der Waals surface area contributed by atoms with E-state index >= 15 is 0 Å². The van der Waals surface area contributed by atoms with Crippen LogP contribution >= 0.6 is 23.2 Å². The lowest BCUT2D eigenvalue weighted by molar-refractivity contribution is 0.0280. The number of aryl methyl sites for hydroxylation is 2. The molecule has 0 fully saturated rings. The fraction of sp³-hybridized carbons (Fsp3) is 0.130. The number of Topliss-reactive ketones (excluding diaryl/α,β-unsaturated/α-hetero) is 1. The Bertz CT molecular complexity index is 1010. The summed E-state index contributed by atoms with van der Waals surface area (Å²) < 4.78 is 5.61. The van der Waals surface area contributed by atoms with Crippen LogP contribution in [0.1, 0.15) is 43.5 Å². The van der Waals surface area contributed by atoms with Gasteiger partial charge < -0.3 is 4.74 Å². The first-order valence-electron chi connectivity index (χ1n) is 8.69. The van der Waals surface area contributed by atoms with Crippen molar-refractivity contribution in [3.63, 3.8) is 0 Å². The Morgan fingerprint density at radius 2 is 1.39 bits per heavy atom. The highest BCUT2D eigenvalue weighted by atomic mass is 35.5. The minimum absolute atomic E-state index is 0.0969. The number of carbonyl (C=O) groups is 2. The minimum Gasteiger partial charge on any atom is -0.445 e. The Kier molecular flexibility index (Phi) is 6.18. The van der Waals surface area contributed by atoms with Crippen LogP contribution in [0.25, 0.3) is 0 Å². The molecule has 1 atom stereocenters. The van der Waals surface area contributed by atoms with E-state index in [0.29, 0.717) is 11.1 Å². The van der Waals surface area contributed by atoms with Gasteiger partial charge in [-0.2, -0.15) is 0 Å². The number of hydrogen-bond acceptors (Lipinski definition) is 3.